The van der Waals surface area contributed by atoms with Gasteiger partial charge in [0.05, 0.1) is 12.7 Å². The normalized spacial score (nSPS) is 19.5. The third kappa shape index (κ3) is 6.76. The highest BCUT2D eigenvalue weighted by molar-refractivity contribution is 6.45. The van der Waals surface area contributed by atoms with E-state index in [0.29, 0.717) is 29.7 Å². The molecule has 3 amide bonds. The Morgan fingerprint density at radius 3 is 2.29 bits per heavy atom. The Balaban J connectivity index is 1.47. The fraction of sp³-hybridized carbons (Fsp3) is 0.625. The summed E-state index contributed by atoms with van der Waals surface area (Å²) in [7, 11) is 1.57. The Morgan fingerprint density at radius 1 is 0.951 bits per heavy atom. The van der Waals surface area contributed by atoms with E-state index in [-0.39, 0.29) is 35.9 Å². The molecule has 2 aliphatic carbocycles. The van der Waals surface area contributed by atoms with Crippen molar-refractivity contribution in [3.05, 3.63) is 30.0 Å². The van der Waals surface area contributed by atoms with Gasteiger partial charge in [-0.25, -0.2) is 0 Å². The third-order valence-corrected chi connectivity index (χ3v) is 9.26. The molecule has 41 heavy (non-hydrogen) atoms. The summed E-state index contributed by atoms with van der Waals surface area (Å²) < 4.78 is 5.30. The molecular formula is C32H44N4O5. The number of rotatable bonds is 9. The van der Waals surface area contributed by atoms with E-state index in [1.54, 1.807) is 30.2 Å². The Hall–Kier alpha value is -3.36. The Labute approximate surface area is 242 Å². The summed E-state index contributed by atoms with van der Waals surface area (Å²) in [6, 6.07) is 4.49. The van der Waals surface area contributed by atoms with Crippen molar-refractivity contribution in [2.45, 2.75) is 95.6 Å². The van der Waals surface area contributed by atoms with Crippen molar-refractivity contribution in [3.63, 3.8) is 0 Å². The maximum atomic E-state index is 14.2. The lowest BCUT2D eigenvalue weighted by Crippen LogP contribution is -2.59. The summed E-state index contributed by atoms with van der Waals surface area (Å²) in [5, 5.41) is 3.84. The molecule has 3 fully saturated rings. The fourth-order valence-corrected chi connectivity index (χ4v) is 6.94. The molecule has 0 radical (unpaired) electrons. The van der Waals surface area contributed by atoms with Crippen molar-refractivity contribution in [3.8, 4) is 5.75 Å². The second-order valence-corrected chi connectivity index (χ2v) is 12.0. The summed E-state index contributed by atoms with van der Waals surface area (Å²) in [4.78, 5) is 61.9. The van der Waals surface area contributed by atoms with Crippen LogP contribution < -0.4 is 10.1 Å². The Bertz CT molecular complexity index is 1240. The van der Waals surface area contributed by atoms with E-state index < -0.39 is 17.7 Å². The monoisotopic (exact) mass is 564 g/mol. The minimum absolute atomic E-state index is 0.0661. The average Bonchev–Trinajstić information content (AvgIpc) is 3.44. The van der Waals surface area contributed by atoms with Crippen molar-refractivity contribution < 1.29 is 23.9 Å². The average molecular weight is 565 g/mol. The van der Waals surface area contributed by atoms with Crippen molar-refractivity contribution in [2.75, 3.05) is 26.7 Å². The van der Waals surface area contributed by atoms with E-state index in [2.05, 4.69) is 10.3 Å². The summed E-state index contributed by atoms with van der Waals surface area (Å²) in [6.45, 7) is 1.02. The quantitative estimate of drug-likeness (QED) is 0.342. The van der Waals surface area contributed by atoms with Crippen LogP contribution in [0.1, 0.15) is 93.8 Å². The lowest BCUT2D eigenvalue weighted by Gasteiger charge is -2.39. The summed E-state index contributed by atoms with van der Waals surface area (Å²) >= 11 is 0. The number of ketones is 1. The van der Waals surface area contributed by atoms with Gasteiger partial charge in [-0.3, -0.25) is 19.2 Å². The summed E-state index contributed by atoms with van der Waals surface area (Å²) in [5.74, 6) is -1.37. The largest absolute Gasteiger partial charge is 0.497 e. The standard InChI is InChI=1S/C32H44N4O5/c1-41-24-15-16-25-26(20-33-27(25)19-24)30(38)32(40)36(21-28(37)35-17-9-4-10-18-35)29(22-11-5-2-6-12-22)31(39)34-23-13-7-3-8-14-23/h15-16,19-20,22-23,29,33H,2-14,17-18,21H2,1H3,(H,34,39)/t29-/m1/s1. The summed E-state index contributed by atoms with van der Waals surface area (Å²) in [5.41, 5.74) is 0.911. The zero-order chi connectivity index (χ0) is 28.8. The van der Waals surface area contributed by atoms with E-state index in [0.717, 1.165) is 77.0 Å². The first kappa shape index (κ1) is 29.1. The van der Waals surface area contributed by atoms with E-state index in [1.165, 1.54) is 17.5 Å². The lowest BCUT2D eigenvalue weighted by atomic mass is 9.82. The predicted molar refractivity (Wildman–Crippen MR) is 157 cm³/mol. The van der Waals surface area contributed by atoms with E-state index in [4.69, 9.17) is 4.74 Å². The van der Waals surface area contributed by atoms with Crippen LogP contribution in [-0.2, 0) is 14.4 Å². The zero-order valence-electron chi connectivity index (χ0n) is 24.3. The molecule has 2 saturated carbocycles. The van der Waals surface area contributed by atoms with Crippen molar-refractivity contribution in [1.82, 2.24) is 20.1 Å². The lowest BCUT2D eigenvalue weighted by molar-refractivity contribution is -0.146. The zero-order valence-corrected chi connectivity index (χ0v) is 24.3. The highest BCUT2D eigenvalue weighted by Gasteiger charge is 2.42. The topological polar surface area (TPSA) is 112 Å². The number of fused-ring (bicyclic) bond motifs is 1. The molecule has 2 heterocycles. The Morgan fingerprint density at radius 2 is 1.61 bits per heavy atom. The van der Waals surface area contributed by atoms with Gasteiger partial charge in [0.25, 0.3) is 11.7 Å². The second-order valence-electron chi connectivity index (χ2n) is 12.0. The molecule has 1 aromatic carbocycles. The molecule has 3 aliphatic rings. The number of carbonyl (C=O) groups excluding carboxylic acids is 4. The number of H-pyrrole nitrogens is 1. The van der Waals surface area contributed by atoms with Crippen LogP contribution in [0.5, 0.6) is 5.75 Å². The number of nitrogens with zero attached hydrogens (tertiary/aromatic N) is 2. The van der Waals surface area contributed by atoms with Crippen LogP contribution in [-0.4, -0.2) is 77.1 Å². The number of Topliss-reactive ketones (excluding diaryl/α,β-unsaturated/α-hetero) is 1. The number of ether oxygens (including phenoxy) is 1. The van der Waals surface area contributed by atoms with Gasteiger partial charge in [0, 0.05) is 42.3 Å². The highest BCUT2D eigenvalue weighted by atomic mass is 16.5. The number of nitrogens with one attached hydrogen (secondary N) is 2. The third-order valence-electron chi connectivity index (χ3n) is 9.26. The van der Waals surface area contributed by atoms with Crippen molar-refractivity contribution >= 4 is 34.4 Å². The number of hydrogen-bond donors (Lipinski definition) is 2. The molecule has 1 saturated heterocycles. The maximum absolute atomic E-state index is 14.2. The van der Waals surface area contributed by atoms with Gasteiger partial charge < -0.3 is 24.8 Å². The highest BCUT2D eigenvalue weighted by Crippen LogP contribution is 2.31. The molecule has 222 valence electrons. The predicted octanol–water partition coefficient (Wildman–Crippen LogP) is 4.60. The minimum Gasteiger partial charge on any atom is -0.497 e. The first-order valence-corrected chi connectivity index (χ1v) is 15.5. The van der Waals surface area contributed by atoms with E-state index in [1.807, 2.05) is 0 Å². The van der Waals surface area contributed by atoms with Crippen LogP contribution in [0.4, 0.5) is 0 Å². The fourth-order valence-electron chi connectivity index (χ4n) is 6.94. The number of amides is 3. The number of likely N-dealkylation sites (tertiary alicyclic amines) is 1. The SMILES string of the molecule is COc1ccc2c(C(=O)C(=O)N(CC(=O)N3CCCCC3)[C@@H](C(=O)NC3CCCCC3)C3CCCCC3)c[nH]c2c1. The van der Waals surface area contributed by atoms with Gasteiger partial charge in [-0.05, 0) is 63.0 Å². The molecule has 0 bridgehead atoms. The number of benzene rings is 1. The van der Waals surface area contributed by atoms with Crippen LogP contribution in [0.3, 0.4) is 0 Å². The Kier molecular flexibility index (Phi) is 9.62. The molecule has 1 aromatic heterocycles. The van der Waals surface area contributed by atoms with Crippen molar-refractivity contribution in [2.24, 2.45) is 5.92 Å². The number of piperidine rings is 1. The van der Waals surface area contributed by atoms with Crippen LogP contribution in [0.2, 0.25) is 0 Å². The van der Waals surface area contributed by atoms with Gasteiger partial charge in [0.2, 0.25) is 11.8 Å². The molecular weight excluding hydrogens is 520 g/mol. The number of carbonyl (C=O) groups is 4. The number of aromatic amines is 1. The molecule has 0 unspecified atom stereocenters. The van der Waals surface area contributed by atoms with E-state index >= 15 is 0 Å². The van der Waals surface area contributed by atoms with Crippen LogP contribution in [0, 0.1) is 5.92 Å². The van der Waals surface area contributed by atoms with Gasteiger partial charge in [0.1, 0.15) is 18.3 Å². The molecule has 1 atom stereocenters. The first-order chi connectivity index (χ1) is 20.0. The first-order valence-electron chi connectivity index (χ1n) is 15.5. The van der Waals surface area contributed by atoms with Gasteiger partial charge in [0.15, 0.2) is 0 Å². The van der Waals surface area contributed by atoms with Gasteiger partial charge in [-0.1, -0.05) is 38.5 Å². The molecule has 9 heteroatoms. The van der Waals surface area contributed by atoms with Gasteiger partial charge in [-0.15, -0.1) is 0 Å². The molecule has 5 rings (SSSR count). The van der Waals surface area contributed by atoms with Crippen LogP contribution >= 0.6 is 0 Å². The molecule has 2 aromatic rings. The maximum Gasteiger partial charge on any atom is 0.296 e. The molecule has 1 aliphatic heterocycles. The van der Waals surface area contributed by atoms with Crippen molar-refractivity contribution in [1.29, 1.82) is 0 Å². The summed E-state index contributed by atoms with van der Waals surface area (Å²) in [6.07, 6.45) is 14.2. The van der Waals surface area contributed by atoms with Gasteiger partial charge >= 0.3 is 0 Å². The number of hydrogen-bond acceptors (Lipinski definition) is 5. The molecule has 2 N–H and O–H groups in total. The number of methoxy groups -OCH3 is 1. The number of aromatic nitrogens is 1. The second kappa shape index (κ2) is 13.5. The van der Waals surface area contributed by atoms with Gasteiger partial charge in [-0.2, -0.15) is 0 Å². The van der Waals surface area contributed by atoms with Crippen LogP contribution in [0.25, 0.3) is 10.9 Å². The molecule has 9 nitrogen and oxygen atoms in total. The minimum atomic E-state index is -0.854. The van der Waals surface area contributed by atoms with Crippen LogP contribution in [0.15, 0.2) is 24.4 Å². The van der Waals surface area contributed by atoms with E-state index in [9.17, 15) is 19.2 Å². The smallest absolute Gasteiger partial charge is 0.296 e. The molecule has 0 spiro atoms.